The molecule has 0 aliphatic heterocycles. The van der Waals surface area contributed by atoms with Crippen molar-refractivity contribution in [3.8, 4) is 16.9 Å². The van der Waals surface area contributed by atoms with Gasteiger partial charge in [0.1, 0.15) is 5.75 Å². The summed E-state index contributed by atoms with van der Waals surface area (Å²) in [5.41, 5.74) is 0.968. The molecule has 22 heavy (non-hydrogen) atoms. The van der Waals surface area contributed by atoms with Crippen LogP contribution in [0.15, 0.2) is 42.7 Å². The Balaban J connectivity index is 2.49. The number of hydrogen-bond donors (Lipinski definition) is 0. The lowest BCUT2D eigenvalue weighted by Crippen LogP contribution is -2.17. The van der Waals surface area contributed by atoms with Gasteiger partial charge in [0.2, 0.25) is 0 Å². The summed E-state index contributed by atoms with van der Waals surface area (Å²) in [7, 11) is 0. The lowest BCUT2D eigenvalue weighted by Gasteiger charge is -2.13. The molecule has 0 saturated carbocycles. The van der Waals surface area contributed by atoms with Gasteiger partial charge in [-0.05, 0) is 48.4 Å². The molecule has 0 saturated heterocycles. The standard InChI is InChI=1S/C15H12F3NO3/c1-2-21-14(20)12-4-3-11(22-15(16,17)18)9-13(12)10-5-7-19-8-6-10/h3-9H,2H2,1H3. The molecule has 7 heteroatoms. The summed E-state index contributed by atoms with van der Waals surface area (Å²) in [5, 5.41) is 0. The van der Waals surface area contributed by atoms with E-state index in [4.69, 9.17) is 4.74 Å². The molecule has 0 amide bonds. The third kappa shape index (κ3) is 3.97. The maximum atomic E-state index is 12.3. The maximum Gasteiger partial charge on any atom is 0.573 e. The highest BCUT2D eigenvalue weighted by Gasteiger charge is 2.31. The SMILES string of the molecule is CCOC(=O)c1ccc(OC(F)(F)F)cc1-c1ccncc1. The predicted octanol–water partition coefficient (Wildman–Crippen LogP) is 3.82. The first-order chi connectivity index (χ1) is 10.4. The summed E-state index contributed by atoms with van der Waals surface area (Å²) in [6.07, 6.45) is -1.86. The van der Waals surface area contributed by atoms with Gasteiger partial charge >= 0.3 is 12.3 Å². The van der Waals surface area contributed by atoms with Gasteiger partial charge in [-0.3, -0.25) is 4.98 Å². The van der Waals surface area contributed by atoms with Crippen LogP contribution < -0.4 is 4.74 Å². The monoisotopic (exact) mass is 311 g/mol. The Hall–Kier alpha value is -2.57. The third-order valence-electron chi connectivity index (χ3n) is 2.71. The van der Waals surface area contributed by atoms with Crippen LogP contribution in [0, 0.1) is 0 Å². The van der Waals surface area contributed by atoms with Gasteiger partial charge in [-0.15, -0.1) is 13.2 Å². The summed E-state index contributed by atoms with van der Waals surface area (Å²) >= 11 is 0. The Morgan fingerprint density at radius 2 is 1.86 bits per heavy atom. The van der Waals surface area contributed by atoms with E-state index in [1.807, 2.05) is 0 Å². The summed E-state index contributed by atoms with van der Waals surface area (Å²) in [6, 6.07) is 6.62. The number of nitrogens with zero attached hydrogens (tertiary/aromatic N) is 1. The molecule has 0 N–H and O–H groups in total. The van der Waals surface area contributed by atoms with E-state index < -0.39 is 18.1 Å². The van der Waals surface area contributed by atoms with Crippen LogP contribution in [0.2, 0.25) is 0 Å². The Labute approximate surface area is 124 Å². The van der Waals surface area contributed by atoms with Crippen molar-refractivity contribution in [1.29, 1.82) is 0 Å². The summed E-state index contributed by atoms with van der Waals surface area (Å²) in [6.45, 7) is 1.81. The maximum absolute atomic E-state index is 12.3. The van der Waals surface area contributed by atoms with Crippen molar-refractivity contribution in [2.45, 2.75) is 13.3 Å². The molecule has 1 aromatic heterocycles. The van der Waals surface area contributed by atoms with Crippen LogP contribution in [0.3, 0.4) is 0 Å². The second kappa shape index (κ2) is 6.46. The Morgan fingerprint density at radius 3 is 2.45 bits per heavy atom. The van der Waals surface area contributed by atoms with Crippen molar-refractivity contribution >= 4 is 5.97 Å². The number of hydrogen-bond acceptors (Lipinski definition) is 4. The molecule has 2 rings (SSSR count). The van der Waals surface area contributed by atoms with Gasteiger partial charge in [0.15, 0.2) is 0 Å². The molecule has 0 radical (unpaired) electrons. The van der Waals surface area contributed by atoms with Crippen molar-refractivity contribution in [2.24, 2.45) is 0 Å². The van der Waals surface area contributed by atoms with Crippen molar-refractivity contribution in [3.05, 3.63) is 48.3 Å². The highest BCUT2D eigenvalue weighted by Crippen LogP contribution is 2.31. The number of ether oxygens (including phenoxy) is 2. The lowest BCUT2D eigenvalue weighted by molar-refractivity contribution is -0.274. The fraction of sp³-hybridized carbons (Fsp3) is 0.200. The van der Waals surface area contributed by atoms with Crippen LogP contribution in [0.25, 0.3) is 11.1 Å². The number of carbonyl (C=O) groups excluding carboxylic acids is 1. The molecule has 0 spiro atoms. The van der Waals surface area contributed by atoms with Crippen molar-refractivity contribution < 1.29 is 27.4 Å². The average molecular weight is 311 g/mol. The molecular weight excluding hydrogens is 299 g/mol. The van der Waals surface area contributed by atoms with Crippen LogP contribution in [0.5, 0.6) is 5.75 Å². The van der Waals surface area contributed by atoms with E-state index in [2.05, 4.69) is 9.72 Å². The van der Waals surface area contributed by atoms with Crippen molar-refractivity contribution in [1.82, 2.24) is 4.98 Å². The van der Waals surface area contributed by atoms with E-state index >= 15 is 0 Å². The van der Waals surface area contributed by atoms with Crippen LogP contribution in [0.1, 0.15) is 17.3 Å². The minimum absolute atomic E-state index is 0.155. The fourth-order valence-electron chi connectivity index (χ4n) is 1.88. The second-order valence-electron chi connectivity index (χ2n) is 4.21. The van der Waals surface area contributed by atoms with Gasteiger partial charge in [0, 0.05) is 12.4 Å². The zero-order chi connectivity index (χ0) is 16.2. The number of halogens is 3. The first kappa shape index (κ1) is 15.8. The van der Waals surface area contributed by atoms with Crippen molar-refractivity contribution in [3.63, 3.8) is 0 Å². The first-order valence-electron chi connectivity index (χ1n) is 6.38. The highest BCUT2D eigenvalue weighted by atomic mass is 19.4. The van der Waals surface area contributed by atoms with E-state index in [0.29, 0.717) is 5.56 Å². The van der Waals surface area contributed by atoms with Gasteiger partial charge in [-0.25, -0.2) is 4.79 Å². The van der Waals surface area contributed by atoms with Gasteiger partial charge in [-0.1, -0.05) is 0 Å². The third-order valence-corrected chi connectivity index (χ3v) is 2.71. The highest BCUT2D eigenvalue weighted by molar-refractivity contribution is 5.97. The Kier molecular flexibility index (Phi) is 4.65. The van der Waals surface area contributed by atoms with E-state index in [-0.39, 0.29) is 17.7 Å². The molecular formula is C15H12F3NO3. The zero-order valence-electron chi connectivity index (χ0n) is 11.6. The number of alkyl halides is 3. The van der Waals surface area contributed by atoms with Crippen molar-refractivity contribution in [2.75, 3.05) is 6.61 Å². The lowest BCUT2D eigenvalue weighted by atomic mass is 10.0. The number of benzene rings is 1. The Morgan fingerprint density at radius 1 is 1.18 bits per heavy atom. The van der Waals surface area contributed by atoms with E-state index in [9.17, 15) is 18.0 Å². The number of carbonyl (C=O) groups is 1. The number of pyridine rings is 1. The van der Waals surface area contributed by atoms with Crippen LogP contribution in [-0.4, -0.2) is 23.9 Å². The molecule has 0 aliphatic rings. The molecule has 1 heterocycles. The molecule has 1 aromatic carbocycles. The van der Waals surface area contributed by atoms with Crippen LogP contribution >= 0.6 is 0 Å². The largest absolute Gasteiger partial charge is 0.573 e. The fourth-order valence-corrected chi connectivity index (χ4v) is 1.88. The van der Waals surface area contributed by atoms with Gasteiger partial charge in [0.05, 0.1) is 12.2 Å². The minimum atomic E-state index is -4.80. The first-order valence-corrected chi connectivity index (χ1v) is 6.38. The summed E-state index contributed by atoms with van der Waals surface area (Å²) in [4.78, 5) is 15.8. The quantitative estimate of drug-likeness (QED) is 0.805. The van der Waals surface area contributed by atoms with Gasteiger partial charge < -0.3 is 9.47 Å². The summed E-state index contributed by atoms with van der Waals surface area (Å²) in [5.74, 6) is -1.03. The van der Waals surface area contributed by atoms with Crippen LogP contribution in [-0.2, 0) is 4.74 Å². The Bertz CT molecular complexity index is 657. The number of rotatable bonds is 4. The van der Waals surface area contributed by atoms with E-state index in [0.717, 1.165) is 12.1 Å². The van der Waals surface area contributed by atoms with Crippen LogP contribution in [0.4, 0.5) is 13.2 Å². The predicted molar refractivity (Wildman–Crippen MR) is 72.3 cm³/mol. The normalized spacial score (nSPS) is 11.1. The topological polar surface area (TPSA) is 48.4 Å². The number of aromatic nitrogens is 1. The molecule has 0 fully saturated rings. The number of esters is 1. The van der Waals surface area contributed by atoms with E-state index in [1.165, 1.54) is 18.5 Å². The second-order valence-corrected chi connectivity index (χ2v) is 4.21. The molecule has 2 aromatic rings. The molecule has 0 unspecified atom stereocenters. The van der Waals surface area contributed by atoms with E-state index in [1.54, 1.807) is 19.1 Å². The van der Waals surface area contributed by atoms with Gasteiger partial charge in [-0.2, -0.15) is 0 Å². The molecule has 116 valence electrons. The molecule has 0 bridgehead atoms. The molecule has 0 atom stereocenters. The zero-order valence-corrected chi connectivity index (χ0v) is 11.6. The minimum Gasteiger partial charge on any atom is -0.462 e. The average Bonchev–Trinajstić information content (AvgIpc) is 2.46. The van der Waals surface area contributed by atoms with Gasteiger partial charge in [0.25, 0.3) is 0 Å². The molecule has 0 aliphatic carbocycles. The molecule has 4 nitrogen and oxygen atoms in total. The smallest absolute Gasteiger partial charge is 0.462 e. The summed E-state index contributed by atoms with van der Waals surface area (Å²) < 4.78 is 45.8.